The van der Waals surface area contributed by atoms with Crippen LogP contribution in [0.5, 0.6) is 0 Å². The Balaban J connectivity index is 2.06. The third kappa shape index (κ3) is 2.14. The highest BCUT2D eigenvalue weighted by Crippen LogP contribution is 2.44. The Bertz CT molecular complexity index is 595. The third-order valence-corrected chi connectivity index (χ3v) is 4.66. The van der Waals surface area contributed by atoms with Crippen LogP contribution in [0.15, 0.2) is 36.5 Å². The van der Waals surface area contributed by atoms with Crippen LogP contribution in [0.3, 0.4) is 0 Å². The maximum absolute atomic E-state index is 11.1. The largest absolute Gasteiger partial charge is 0.385 e. The van der Waals surface area contributed by atoms with Gasteiger partial charge in [-0.2, -0.15) is 0 Å². The van der Waals surface area contributed by atoms with Crippen LogP contribution >= 0.6 is 0 Å². The number of para-hydroxylation sites is 1. The van der Waals surface area contributed by atoms with Crippen molar-refractivity contribution >= 4 is 10.9 Å². The number of hydrogen-bond donors (Lipinski definition) is 1. The van der Waals surface area contributed by atoms with Gasteiger partial charge < -0.3 is 5.11 Å². The maximum Gasteiger partial charge on any atom is 0.0939 e. The molecule has 3 rings (SSSR count). The van der Waals surface area contributed by atoms with Crippen molar-refractivity contribution in [1.82, 2.24) is 4.98 Å². The number of hydrogen-bond acceptors (Lipinski definition) is 2. The number of rotatable bonds is 1. The van der Waals surface area contributed by atoms with E-state index < -0.39 is 5.60 Å². The van der Waals surface area contributed by atoms with E-state index in [1.807, 2.05) is 24.4 Å². The van der Waals surface area contributed by atoms with Gasteiger partial charge in [0.1, 0.15) is 0 Å². The molecule has 1 heterocycles. The van der Waals surface area contributed by atoms with Crippen LogP contribution in [0.2, 0.25) is 0 Å². The van der Waals surface area contributed by atoms with Crippen molar-refractivity contribution in [2.45, 2.75) is 38.7 Å². The van der Waals surface area contributed by atoms with Gasteiger partial charge >= 0.3 is 0 Å². The van der Waals surface area contributed by atoms with Gasteiger partial charge in [-0.25, -0.2) is 0 Å². The van der Waals surface area contributed by atoms with Crippen LogP contribution < -0.4 is 0 Å². The molecule has 0 radical (unpaired) electrons. The second kappa shape index (κ2) is 4.61. The molecule has 2 aromatic rings. The number of aliphatic hydroxyl groups is 1. The van der Waals surface area contributed by atoms with Gasteiger partial charge in [-0.1, -0.05) is 38.5 Å². The van der Waals surface area contributed by atoms with E-state index in [-0.39, 0.29) is 0 Å². The van der Waals surface area contributed by atoms with E-state index in [1.165, 1.54) is 6.42 Å². The first-order chi connectivity index (χ1) is 9.09. The molecule has 1 saturated carbocycles. The zero-order valence-electron chi connectivity index (χ0n) is 11.6. The van der Waals surface area contributed by atoms with Crippen molar-refractivity contribution in [3.05, 3.63) is 42.1 Å². The van der Waals surface area contributed by atoms with Gasteiger partial charge in [-0.15, -0.1) is 0 Å². The van der Waals surface area contributed by atoms with E-state index in [2.05, 4.69) is 31.0 Å². The molecule has 1 aromatic heterocycles. The van der Waals surface area contributed by atoms with Gasteiger partial charge in [0.2, 0.25) is 0 Å². The lowest BCUT2D eigenvalue weighted by molar-refractivity contribution is -0.0628. The minimum Gasteiger partial charge on any atom is -0.385 e. The summed E-state index contributed by atoms with van der Waals surface area (Å²) < 4.78 is 0. The Morgan fingerprint density at radius 2 is 2.00 bits per heavy atom. The Kier molecular flexibility index (Phi) is 3.06. The second-order valence-corrected chi connectivity index (χ2v) is 6.13. The molecule has 2 heteroatoms. The van der Waals surface area contributed by atoms with E-state index in [0.29, 0.717) is 11.8 Å². The first-order valence-corrected chi connectivity index (χ1v) is 7.17. The summed E-state index contributed by atoms with van der Waals surface area (Å²) in [6, 6.07) is 10.2. The minimum atomic E-state index is -0.714. The number of fused-ring (bicyclic) bond motifs is 1. The van der Waals surface area contributed by atoms with Crippen LogP contribution in [-0.2, 0) is 5.60 Å². The summed E-state index contributed by atoms with van der Waals surface area (Å²) in [7, 11) is 0. The summed E-state index contributed by atoms with van der Waals surface area (Å²) in [6.07, 6.45) is 5.00. The van der Waals surface area contributed by atoms with Gasteiger partial charge in [0.05, 0.1) is 11.1 Å². The average molecular weight is 255 g/mol. The van der Waals surface area contributed by atoms with Crippen molar-refractivity contribution in [3.8, 4) is 0 Å². The summed E-state index contributed by atoms with van der Waals surface area (Å²) in [5.74, 6) is 0.874. The lowest BCUT2D eigenvalue weighted by Gasteiger charge is -2.41. The van der Waals surface area contributed by atoms with Gasteiger partial charge in [0.25, 0.3) is 0 Å². The molecule has 1 N–H and O–H groups in total. The molecule has 100 valence electrons. The molecule has 2 nitrogen and oxygen atoms in total. The lowest BCUT2D eigenvalue weighted by atomic mass is 9.69. The number of pyridine rings is 1. The Hall–Kier alpha value is -1.41. The zero-order valence-corrected chi connectivity index (χ0v) is 11.6. The number of aromatic nitrogens is 1. The van der Waals surface area contributed by atoms with Gasteiger partial charge in [-0.05, 0) is 36.8 Å². The highest BCUT2D eigenvalue weighted by molar-refractivity contribution is 5.78. The van der Waals surface area contributed by atoms with Crippen molar-refractivity contribution in [1.29, 1.82) is 0 Å². The minimum absolute atomic E-state index is 0.298. The first-order valence-electron chi connectivity index (χ1n) is 7.17. The smallest absolute Gasteiger partial charge is 0.0939 e. The Morgan fingerprint density at radius 1 is 1.21 bits per heavy atom. The SMILES string of the molecule is CC1CCC(C)C(O)(c2cnc3ccccc3c2)C1. The van der Waals surface area contributed by atoms with Gasteiger partial charge in [0, 0.05) is 17.1 Å². The topological polar surface area (TPSA) is 33.1 Å². The second-order valence-electron chi connectivity index (χ2n) is 6.13. The molecular weight excluding hydrogens is 234 g/mol. The molecule has 0 saturated heterocycles. The predicted molar refractivity (Wildman–Crippen MR) is 77.8 cm³/mol. The fourth-order valence-electron chi connectivity index (χ4n) is 3.32. The summed E-state index contributed by atoms with van der Waals surface area (Å²) in [6.45, 7) is 4.38. The molecule has 19 heavy (non-hydrogen) atoms. The van der Waals surface area contributed by atoms with E-state index in [0.717, 1.165) is 29.3 Å². The monoisotopic (exact) mass is 255 g/mol. The molecule has 0 aliphatic heterocycles. The highest BCUT2D eigenvalue weighted by Gasteiger charge is 2.40. The van der Waals surface area contributed by atoms with Crippen molar-refractivity contribution in [3.63, 3.8) is 0 Å². The Labute approximate surface area is 114 Å². The maximum atomic E-state index is 11.1. The van der Waals surface area contributed by atoms with Crippen molar-refractivity contribution in [2.24, 2.45) is 11.8 Å². The van der Waals surface area contributed by atoms with E-state index in [9.17, 15) is 5.11 Å². The molecule has 0 spiro atoms. The third-order valence-electron chi connectivity index (χ3n) is 4.66. The van der Waals surface area contributed by atoms with E-state index in [1.54, 1.807) is 0 Å². The van der Waals surface area contributed by atoms with Gasteiger partial charge in [0.15, 0.2) is 0 Å². The standard InChI is InChI=1S/C17H21NO/c1-12-7-8-13(2)17(19,10-12)15-9-14-5-3-4-6-16(14)18-11-15/h3-6,9,11-13,19H,7-8,10H2,1-2H3. The summed E-state index contributed by atoms with van der Waals surface area (Å²) in [5, 5.41) is 12.2. The Morgan fingerprint density at radius 3 is 2.84 bits per heavy atom. The predicted octanol–water partition coefficient (Wildman–Crippen LogP) is 3.88. The molecule has 3 atom stereocenters. The summed E-state index contributed by atoms with van der Waals surface area (Å²) in [4.78, 5) is 4.50. The van der Waals surface area contributed by atoms with Crippen LogP contribution in [0.25, 0.3) is 10.9 Å². The highest BCUT2D eigenvalue weighted by atomic mass is 16.3. The van der Waals surface area contributed by atoms with Crippen LogP contribution in [0.4, 0.5) is 0 Å². The zero-order chi connectivity index (χ0) is 13.5. The molecule has 1 aromatic carbocycles. The molecule has 1 aliphatic rings. The van der Waals surface area contributed by atoms with E-state index >= 15 is 0 Å². The number of nitrogens with zero attached hydrogens (tertiary/aromatic N) is 1. The average Bonchev–Trinajstić information content (AvgIpc) is 2.43. The fourth-order valence-corrected chi connectivity index (χ4v) is 3.32. The normalized spacial score (nSPS) is 31.5. The van der Waals surface area contributed by atoms with Crippen LogP contribution in [0, 0.1) is 11.8 Å². The summed E-state index contributed by atoms with van der Waals surface area (Å²) in [5.41, 5.74) is 1.26. The molecule has 0 amide bonds. The molecule has 0 bridgehead atoms. The number of benzene rings is 1. The van der Waals surface area contributed by atoms with Crippen LogP contribution in [0.1, 0.15) is 38.7 Å². The quantitative estimate of drug-likeness (QED) is 0.839. The molecule has 1 aliphatic carbocycles. The van der Waals surface area contributed by atoms with Gasteiger partial charge in [-0.3, -0.25) is 4.98 Å². The lowest BCUT2D eigenvalue weighted by Crippen LogP contribution is -2.39. The van der Waals surface area contributed by atoms with Crippen LogP contribution in [-0.4, -0.2) is 10.1 Å². The molecule has 3 unspecified atom stereocenters. The summed E-state index contributed by atoms with van der Waals surface area (Å²) >= 11 is 0. The molecular formula is C17H21NO. The van der Waals surface area contributed by atoms with E-state index in [4.69, 9.17) is 0 Å². The fraction of sp³-hybridized carbons (Fsp3) is 0.471. The molecule has 1 fully saturated rings. The van der Waals surface area contributed by atoms with Crippen molar-refractivity contribution < 1.29 is 5.11 Å². The van der Waals surface area contributed by atoms with Crippen molar-refractivity contribution in [2.75, 3.05) is 0 Å². The first kappa shape index (κ1) is 12.6.